The summed E-state index contributed by atoms with van der Waals surface area (Å²) in [5, 5.41) is 3.31. The Kier molecular flexibility index (Phi) is 3.07. The topological polar surface area (TPSA) is 19.6 Å². The second kappa shape index (κ2) is 4.50. The molecular formula is C12H14FN3. The second-order valence-electron chi connectivity index (χ2n) is 4.05. The van der Waals surface area contributed by atoms with Crippen molar-refractivity contribution in [3.8, 4) is 0 Å². The van der Waals surface area contributed by atoms with Crippen molar-refractivity contribution in [3.05, 3.63) is 35.4 Å². The van der Waals surface area contributed by atoms with Crippen molar-refractivity contribution >= 4 is 11.4 Å². The average Bonchev–Trinajstić information content (AvgIpc) is 2.28. The Labute approximate surface area is 94.7 Å². The van der Waals surface area contributed by atoms with Gasteiger partial charge in [0.15, 0.2) is 5.69 Å². The van der Waals surface area contributed by atoms with E-state index in [1.165, 1.54) is 6.07 Å². The van der Waals surface area contributed by atoms with E-state index in [0.717, 1.165) is 19.6 Å². The Morgan fingerprint density at radius 2 is 2.38 bits per heavy atom. The molecule has 1 aromatic carbocycles. The predicted octanol–water partition coefficient (Wildman–Crippen LogP) is 2.17. The van der Waals surface area contributed by atoms with E-state index in [-0.39, 0.29) is 5.82 Å². The summed E-state index contributed by atoms with van der Waals surface area (Å²) in [6.45, 7) is 11.4. The van der Waals surface area contributed by atoms with Crippen LogP contribution in [0.5, 0.6) is 0 Å². The van der Waals surface area contributed by atoms with Crippen molar-refractivity contribution in [1.82, 2.24) is 5.32 Å². The number of piperazine rings is 1. The molecule has 4 heteroatoms. The minimum Gasteiger partial charge on any atom is -0.366 e. The van der Waals surface area contributed by atoms with Gasteiger partial charge in [0.25, 0.3) is 0 Å². The standard InChI is InChI=1S/C12H14FN3/c1-9-8-16(6-5-15-9)12-4-3-10(14-2)7-11(12)13/h3-4,7,9,15H,5-6,8H2,1H3/t9-/m0/s1. The molecule has 1 aromatic rings. The zero-order chi connectivity index (χ0) is 11.5. The SMILES string of the molecule is [C-]#[N+]c1ccc(N2CCN[C@@H](C)C2)c(F)c1. The molecule has 1 aliphatic heterocycles. The summed E-state index contributed by atoms with van der Waals surface area (Å²) in [6, 6.07) is 5.03. The molecule has 16 heavy (non-hydrogen) atoms. The highest BCUT2D eigenvalue weighted by atomic mass is 19.1. The van der Waals surface area contributed by atoms with Gasteiger partial charge in [0, 0.05) is 25.7 Å². The van der Waals surface area contributed by atoms with Crippen LogP contribution in [-0.2, 0) is 0 Å². The molecule has 0 radical (unpaired) electrons. The van der Waals surface area contributed by atoms with Crippen LogP contribution in [0.15, 0.2) is 18.2 Å². The van der Waals surface area contributed by atoms with E-state index < -0.39 is 0 Å². The summed E-state index contributed by atoms with van der Waals surface area (Å²) in [5.41, 5.74) is 0.949. The Morgan fingerprint density at radius 1 is 1.56 bits per heavy atom. The fourth-order valence-electron chi connectivity index (χ4n) is 1.97. The smallest absolute Gasteiger partial charge is 0.190 e. The van der Waals surface area contributed by atoms with Crippen LogP contribution in [0, 0.1) is 12.4 Å². The zero-order valence-electron chi connectivity index (χ0n) is 9.20. The van der Waals surface area contributed by atoms with Crippen LogP contribution in [0.2, 0.25) is 0 Å². The lowest BCUT2D eigenvalue weighted by molar-refractivity contribution is 0.478. The number of nitrogens with one attached hydrogen (secondary N) is 1. The third kappa shape index (κ3) is 2.15. The Hall–Kier alpha value is -1.60. The quantitative estimate of drug-likeness (QED) is 0.730. The first-order valence-corrected chi connectivity index (χ1v) is 5.36. The maximum atomic E-state index is 13.7. The first-order chi connectivity index (χ1) is 7.70. The van der Waals surface area contributed by atoms with E-state index in [1.807, 2.05) is 4.90 Å². The van der Waals surface area contributed by atoms with Gasteiger partial charge in [0.1, 0.15) is 5.82 Å². The first kappa shape index (κ1) is 10.9. The number of anilines is 1. The molecule has 0 bridgehead atoms. The molecular weight excluding hydrogens is 205 g/mol. The highest BCUT2D eigenvalue weighted by Gasteiger charge is 2.18. The molecule has 84 valence electrons. The summed E-state index contributed by atoms with van der Waals surface area (Å²) in [7, 11) is 0. The fourth-order valence-corrected chi connectivity index (χ4v) is 1.97. The minimum absolute atomic E-state index is 0.303. The van der Waals surface area contributed by atoms with E-state index >= 15 is 0 Å². The van der Waals surface area contributed by atoms with E-state index in [0.29, 0.717) is 17.4 Å². The maximum Gasteiger partial charge on any atom is 0.190 e. The van der Waals surface area contributed by atoms with Crippen molar-refractivity contribution < 1.29 is 4.39 Å². The van der Waals surface area contributed by atoms with E-state index in [4.69, 9.17) is 6.57 Å². The van der Waals surface area contributed by atoms with Gasteiger partial charge in [-0.2, -0.15) is 0 Å². The van der Waals surface area contributed by atoms with Gasteiger partial charge in [-0.3, -0.25) is 0 Å². The van der Waals surface area contributed by atoms with Gasteiger partial charge in [-0.1, -0.05) is 6.07 Å². The summed E-state index contributed by atoms with van der Waals surface area (Å²) >= 11 is 0. The molecule has 0 aromatic heterocycles. The highest BCUT2D eigenvalue weighted by Crippen LogP contribution is 2.25. The Morgan fingerprint density at radius 3 is 3.00 bits per heavy atom. The van der Waals surface area contributed by atoms with E-state index in [2.05, 4.69) is 17.1 Å². The molecule has 1 N–H and O–H groups in total. The number of hydrogen-bond acceptors (Lipinski definition) is 2. The molecule has 0 unspecified atom stereocenters. The predicted molar refractivity (Wildman–Crippen MR) is 62.3 cm³/mol. The van der Waals surface area contributed by atoms with Gasteiger partial charge in [0.2, 0.25) is 0 Å². The lowest BCUT2D eigenvalue weighted by Crippen LogP contribution is -2.49. The molecule has 0 saturated carbocycles. The van der Waals surface area contributed by atoms with Crippen molar-refractivity contribution in [2.75, 3.05) is 24.5 Å². The van der Waals surface area contributed by atoms with E-state index in [1.54, 1.807) is 12.1 Å². The molecule has 0 spiro atoms. The lowest BCUT2D eigenvalue weighted by atomic mass is 10.2. The average molecular weight is 219 g/mol. The fraction of sp³-hybridized carbons (Fsp3) is 0.417. The Bertz CT molecular complexity index is 425. The zero-order valence-corrected chi connectivity index (χ0v) is 9.20. The molecule has 0 aliphatic carbocycles. The first-order valence-electron chi connectivity index (χ1n) is 5.36. The van der Waals surface area contributed by atoms with Gasteiger partial charge in [-0.25, -0.2) is 9.24 Å². The lowest BCUT2D eigenvalue weighted by Gasteiger charge is -2.33. The summed E-state index contributed by atoms with van der Waals surface area (Å²) in [6.07, 6.45) is 0. The largest absolute Gasteiger partial charge is 0.366 e. The van der Waals surface area contributed by atoms with Gasteiger partial charge in [0.05, 0.1) is 12.3 Å². The number of nitrogens with zero attached hydrogens (tertiary/aromatic N) is 2. The molecule has 1 aliphatic rings. The molecule has 1 fully saturated rings. The molecule has 1 saturated heterocycles. The van der Waals surface area contributed by atoms with Crippen molar-refractivity contribution in [2.45, 2.75) is 13.0 Å². The number of benzene rings is 1. The molecule has 0 amide bonds. The van der Waals surface area contributed by atoms with Crippen LogP contribution in [-0.4, -0.2) is 25.7 Å². The van der Waals surface area contributed by atoms with Gasteiger partial charge in [-0.05, 0) is 19.1 Å². The number of rotatable bonds is 1. The monoisotopic (exact) mass is 219 g/mol. The molecule has 3 nitrogen and oxygen atoms in total. The minimum atomic E-state index is -0.303. The third-order valence-electron chi connectivity index (χ3n) is 2.77. The van der Waals surface area contributed by atoms with Gasteiger partial charge in [-0.15, -0.1) is 0 Å². The van der Waals surface area contributed by atoms with Crippen molar-refractivity contribution in [3.63, 3.8) is 0 Å². The Balaban J connectivity index is 2.23. The maximum absolute atomic E-state index is 13.7. The van der Waals surface area contributed by atoms with Gasteiger partial charge >= 0.3 is 0 Å². The summed E-state index contributed by atoms with van der Waals surface area (Å²) in [4.78, 5) is 5.23. The van der Waals surface area contributed by atoms with Crippen molar-refractivity contribution in [1.29, 1.82) is 0 Å². The van der Waals surface area contributed by atoms with Crippen LogP contribution in [0.1, 0.15) is 6.92 Å². The van der Waals surface area contributed by atoms with Crippen LogP contribution >= 0.6 is 0 Å². The molecule has 2 rings (SSSR count). The van der Waals surface area contributed by atoms with E-state index in [9.17, 15) is 4.39 Å². The number of hydrogen-bond donors (Lipinski definition) is 1. The van der Waals surface area contributed by atoms with Crippen molar-refractivity contribution in [2.24, 2.45) is 0 Å². The highest BCUT2D eigenvalue weighted by molar-refractivity contribution is 5.57. The second-order valence-corrected chi connectivity index (χ2v) is 4.05. The summed E-state index contributed by atoms with van der Waals surface area (Å²) in [5.74, 6) is -0.303. The number of halogens is 1. The van der Waals surface area contributed by atoms with Crippen LogP contribution in [0.25, 0.3) is 4.85 Å². The van der Waals surface area contributed by atoms with Crippen LogP contribution in [0.4, 0.5) is 15.8 Å². The molecule has 1 atom stereocenters. The van der Waals surface area contributed by atoms with Crippen LogP contribution in [0.3, 0.4) is 0 Å². The van der Waals surface area contributed by atoms with Gasteiger partial charge < -0.3 is 10.2 Å². The van der Waals surface area contributed by atoms with Crippen LogP contribution < -0.4 is 10.2 Å². The summed E-state index contributed by atoms with van der Waals surface area (Å²) < 4.78 is 13.7. The normalized spacial score (nSPS) is 20.6. The third-order valence-corrected chi connectivity index (χ3v) is 2.77. The molecule has 1 heterocycles.